The molecule has 11 heteroatoms. The Labute approximate surface area is 277 Å². The highest BCUT2D eigenvalue weighted by molar-refractivity contribution is 5.88. The molecular weight excluding hydrogens is 614 g/mol. The molecule has 0 aromatic heterocycles. The van der Waals surface area contributed by atoms with Crippen molar-refractivity contribution in [3.05, 3.63) is 131 Å². The number of hydrazine groups is 1. The minimum Gasteiger partial charge on any atom is -0.480 e. The molecule has 2 aliphatic rings. The van der Waals surface area contributed by atoms with Crippen LogP contribution in [0.1, 0.15) is 41.0 Å². The van der Waals surface area contributed by atoms with Gasteiger partial charge in [0.05, 0.1) is 0 Å². The summed E-state index contributed by atoms with van der Waals surface area (Å²) >= 11 is 0. The normalized spacial score (nSPS) is 15.3. The summed E-state index contributed by atoms with van der Waals surface area (Å²) < 4.78 is 11.5. The van der Waals surface area contributed by atoms with E-state index in [1.54, 1.807) is 36.4 Å². The van der Waals surface area contributed by atoms with Gasteiger partial charge in [-0.3, -0.25) is 14.4 Å². The summed E-state index contributed by atoms with van der Waals surface area (Å²) in [6.07, 6.45) is -1.32. The molecule has 0 radical (unpaired) electrons. The zero-order valence-electron chi connectivity index (χ0n) is 26.1. The Morgan fingerprint density at radius 3 is 1.88 bits per heavy atom. The van der Waals surface area contributed by atoms with E-state index in [1.165, 1.54) is 0 Å². The van der Waals surface area contributed by atoms with Crippen molar-refractivity contribution in [2.75, 3.05) is 19.7 Å². The Morgan fingerprint density at radius 1 is 0.708 bits per heavy atom. The average molecular weight is 650 g/mol. The molecule has 1 fully saturated rings. The molecule has 0 bridgehead atoms. The Bertz CT molecular complexity index is 1720. The third-order valence-electron chi connectivity index (χ3n) is 8.38. The smallest absolute Gasteiger partial charge is 0.429 e. The molecule has 0 spiro atoms. The molecular formula is C37H35N3O8. The Balaban J connectivity index is 1.25. The van der Waals surface area contributed by atoms with Gasteiger partial charge in [0.25, 0.3) is 5.91 Å². The van der Waals surface area contributed by atoms with Crippen molar-refractivity contribution in [3.8, 4) is 11.1 Å². The predicted octanol–water partition coefficient (Wildman–Crippen LogP) is 6.00. The number of carbonyl (C=O) groups is 4. The lowest BCUT2D eigenvalue weighted by Crippen LogP contribution is -2.62. The number of amides is 3. The lowest BCUT2D eigenvalue weighted by Gasteiger charge is -2.42. The second-order valence-electron chi connectivity index (χ2n) is 11.5. The van der Waals surface area contributed by atoms with Gasteiger partial charge in [-0.2, -0.15) is 0 Å². The molecule has 1 aliphatic heterocycles. The standard InChI is InChI=1S/C37H35N3O8/c41-34(42)22-39(48-24-27-14-5-2-6-15-27)35(43)33-20-11-21-38(36(44)46-23-26-12-3-1-4-13-26)40(33)37(45)47-25-32-30-18-9-7-16-28(30)29-17-8-10-19-31(29)32/h1-10,12-19,32-33H,11,20-25H2,(H,41,42)/t33-/m1/s1. The molecule has 1 N–H and O–H groups in total. The van der Waals surface area contributed by atoms with Crippen LogP contribution in [0.4, 0.5) is 9.59 Å². The maximum Gasteiger partial charge on any atom is 0.429 e. The molecule has 1 saturated heterocycles. The molecule has 0 unspecified atom stereocenters. The summed E-state index contributed by atoms with van der Waals surface area (Å²) in [7, 11) is 0. The number of aliphatic carboxylic acids is 1. The lowest BCUT2D eigenvalue weighted by atomic mass is 9.98. The van der Waals surface area contributed by atoms with Crippen LogP contribution in [0.5, 0.6) is 0 Å². The molecule has 6 rings (SSSR count). The van der Waals surface area contributed by atoms with Gasteiger partial charge in [-0.15, -0.1) is 0 Å². The summed E-state index contributed by atoms with van der Waals surface area (Å²) in [5.41, 5.74) is 5.55. The van der Waals surface area contributed by atoms with Gasteiger partial charge in [0.1, 0.15) is 32.4 Å². The Kier molecular flexibility index (Phi) is 9.96. The number of ether oxygens (including phenoxy) is 2. The van der Waals surface area contributed by atoms with E-state index in [4.69, 9.17) is 14.3 Å². The van der Waals surface area contributed by atoms with Gasteiger partial charge in [0.2, 0.25) is 0 Å². The highest BCUT2D eigenvalue weighted by Gasteiger charge is 2.44. The van der Waals surface area contributed by atoms with Gasteiger partial charge in [0, 0.05) is 12.5 Å². The van der Waals surface area contributed by atoms with Crippen LogP contribution < -0.4 is 0 Å². The molecule has 3 amide bonds. The number of benzene rings is 4. The van der Waals surface area contributed by atoms with Gasteiger partial charge in [-0.05, 0) is 46.2 Å². The van der Waals surface area contributed by atoms with Crippen LogP contribution in [0.3, 0.4) is 0 Å². The third-order valence-corrected chi connectivity index (χ3v) is 8.38. The Morgan fingerprint density at radius 2 is 1.27 bits per heavy atom. The van der Waals surface area contributed by atoms with Crippen molar-refractivity contribution >= 4 is 24.1 Å². The summed E-state index contributed by atoms with van der Waals surface area (Å²) in [6, 6.07) is 32.5. The van der Waals surface area contributed by atoms with E-state index >= 15 is 0 Å². The first kappa shape index (κ1) is 32.3. The zero-order chi connectivity index (χ0) is 33.5. The molecule has 48 heavy (non-hydrogen) atoms. The van der Waals surface area contributed by atoms with Crippen LogP contribution in [0.25, 0.3) is 11.1 Å². The van der Waals surface area contributed by atoms with Crippen LogP contribution >= 0.6 is 0 Å². The SMILES string of the molecule is O=C(O)CN(OCc1ccccc1)C(=O)[C@H]1CCCN(C(=O)OCc2ccccc2)N1C(=O)OCC1c2ccccc2-c2ccccc21. The zero-order valence-corrected chi connectivity index (χ0v) is 26.1. The molecule has 1 heterocycles. The van der Waals surface area contributed by atoms with Crippen molar-refractivity contribution in [2.45, 2.75) is 38.0 Å². The first-order valence-corrected chi connectivity index (χ1v) is 15.7. The van der Waals surface area contributed by atoms with E-state index in [1.807, 2.05) is 72.8 Å². The molecule has 4 aromatic rings. The maximum absolute atomic E-state index is 14.0. The first-order valence-electron chi connectivity index (χ1n) is 15.7. The van der Waals surface area contributed by atoms with Crippen LogP contribution in [0.15, 0.2) is 109 Å². The summed E-state index contributed by atoms with van der Waals surface area (Å²) in [5.74, 6) is -2.38. The molecule has 4 aromatic carbocycles. The number of carboxylic acids is 1. The number of hydrogen-bond acceptors (Lipinski definition) is 7. The predicted molar refractivity (Wildman–Crippen MR) is 174 cm³/mol. The molecule has 0 saturated carbocycles. The number of hydroxylamine groups is 2. The second kappa shape index (κ2) is 14.8. The molecule has 11 nitrogen and oxygen atoms in total. The van der Waals surface area contributed by atoms with E-state index in [0.29, 0.717) is 12.0 Å². The number of nitrogens with zero attached hydrogens (tertiary/aromatic N) is 3. The molecule has 1 atom stereocenters. The van der Waals surface area contributed by atoms with Gasteiger partial charge in [-0.25, -0.2) is 24.7 Å². The van der Waals surface area contributed by atoms with E-state index in [9.17, 15) is 24.3 Å². The highest BCUT2D eigenvalue weighted by atomic mass is 16.7. The van der Waals surface area contributed by atoms with Crippen molar-refractivity contribution in [2.24, 2.45) is 0 Å². The van der Waals surface area contributed by atoms with Gasteiger partial charge >= 0.3 is 18.2 Å². The second-order valence-corrected chi connectivity index (χ2v) is 11.5. The first-order chi connectivity index (χ1) is 23.4. The van der Waals surface area contributed by atoms with Crippen molar-refractivity contribution in [1.82, 2.24) is 15.1 Å². The minimum atomic E-state index is -1.31. The van der Waals surface area contributed by atoms with Crippen molar-refractivity contribution in [3.63, 3.8) is 0 Å². The lowest BCUT2D eigenvalue weighted by molar-refractivity contribution is -0.206. The van der Waals surface area contributed by atoms with Crippen LogP contribution in [0.2, 0.25) is 0 Å². The summed E-state index contributed by atoms with van der Waals surface area (Å²) in [6.45, 7) is -0.899. The number of fused-ring (bicyclic) bond motifs is 3. The number of carbonyl (C=O) groups excluding carboxylic acids is 3. The summed E-state index contributed by atoms with van der Waals surface area (Å²) in [5, 5.41) is 12.4. The quantitative estimate of drug-likeness (QED) is 0.208. The van der Waals surface area contributed by atoms with E-state index in [-0.39, 0.29) is 38.7 Å². The van der Waals surface area contributed by atoms with Crippen LogP contribution in [0, 0.1) is 0 Å². The van der Waals surface area contributed by atoms with Gasteiger partial charge in [0.15, 0.2) is 0 Å². The van der Waals surface area contributed by atoms with Crippen molar-refractivity contribution < 1.29 is 38.6 Å². The van der Waals surface area contributed by atoms with E-state index < -0.39 is 36.6 Å². The van der Waals surface area contributed by atoms with E-state index in [0.717, 1.165) is 42.9 Å². The minimum absolute atomic E-state index is 0.0550. The monoisotopic (exact) mass is 649 g/mol. The summed E-state index contributed by atoms with van der Waals surface area (Å²) in [4.78, 5) is 59.0. The van der Waals surface area contributed by atoms with E-state index in [2.05, 4.69) is 0 Å². The molecule has 1 aliphatic carbocycles. The van der Waals surface area contributed by atoms with Crippen LogP contribution in [-0.2, 0) is 37.1 Å². The van der Waals surface area contributed by atoms with Gasteiger partial charge < -0.3 is 14.6 Å². The van der Waals surface area contributed by atoms with Gasteiger partial charge in [-0.1, -0.05) is 109 Å². The molecule has 246 valence electrons. The average Bonchev–Trinajstić information content (AvgIpc) is 3.44. The topological polar surface area (TPSA) is 126 Å². The fourth-order valence-corrected chi connectivity index (χ4v) is 6.12. The fraction of sp³-hybridized carbons (Fsp3) is 0.243. The van der Waals surface area contributed by atoms with Crippen LogP contribution in [-0.4, -0.2) is 70.0 Å². The largest absolute Gasteiger partial charge is 0.480 e. The number of rotatable bonds is 10. The highest BCUT2D eigenvalue weighted by Crippen LogP contribution is 2.44. The van der Waals surface area contributed by atoms with Crippen molar-refractivity contribution in [1.29, 1.82) is 0 Å². The third kappa shape index (κ3) is 7.16. The maximum atomic E-state index is 14.0. The number of carboxylic acid groups (broad SMARTS) is 1. The fourth-order valence-electron chi connectivity index (χ4n) is 6.12. The Hall–Kier alpha value is -5.68. The number of hydrogen-bond donors (Lipinski definition) is 1.